The topological polar surface area (TPSA) is 153 Å². The lowest BCUT2D eigenvalue weighted by atomic mass is 9.55. The van der Waals surface area contributed by atoms with E-state index in [1.54, 1.807) is 24.3 Å². The Bertz CT molecular complexity index is 2950. The molecule has 1 amide bonds. The minimum atomic E-state index is -1.51. The van der Waals surface area contributed by atoms with E-state index in [1.165, 1.54) is 25.3 Å². The van der Waals surface area contributed by atoms with Crippen LogP contribution in [0.15, 0.2) is 175 Å². The zero-order chi connectivity index (χ0) is 50.0. The highest BCUT2D eigenvalue weighted by Crippen LogP contribution is 2.62. The smallest absolute Gasteiger partial charge is 0.269 e. The number of nitrogens with zero attached hydrogens (tertiary/aromatic N) is 3. The molecule has 1 aliphatic heterocycles. The number of aliphatic hydroxyl groups is 2. The van der Waals surface area contributed by atoms with Crippen LogP contribution in [0.3, 0.4) is 0 Å². The Morgan fingerprint density at radius 2 is 1.57 bits per heavy atom. The number of allylic oxidation sites excluding steroid dienone is 1. The number of nitro benzene ring substituents is 1. The van der Waals surface area contributed by atoms with Gasteiger partial charge in [-0.15, -0.1) is 6.58 Å². The van der Waals surface area contributed by atoms with Gasteiger partial charge in [-0.05, 0) is 125 Å². The maximum atomic E-state index is 15.4. The van der Waals surface area contributed by atoms with Crippen LogP contribution in [0.2, 0.25) is 0 Å². The van der Waals surface area contributed by atoms with Gasteiger partial charge in [0.25, 0.3) is 5.69 Å². The first-order valence-electron chi connectivity index (χ1n) is 24.9. The average Bonchev–Trinajstić information content (AvgIpc) is 3.41. The van der Waals surface area contributed by atoms with E-state index >= 15 is 4.79 Å². The molecular formula is C60H61N3O9. The van der Waals surface area contributed by atoms with Crippen molar-refractivity contribution in [1.29, 1.82) is 0 Å². The number of amides is 1. The van der Waals surface area contributed by atoms with Crippen molar-refractivity contribution in [3.63, 3.8) is 0 Å². The van der Waals surface area contributed by atoms with Crippen LogP contribution >= 0.6 is 0 Å². The van der Waals surface area contributed by atoms with Crippen molar-refractivity contribution < 1.29 is 39.0 Å². The number of non-ortho nitro benzene ring substituents is 1. The predicted octanol–water partition coefficient (Wildman–Crippen LogP) is 12.2. The standard InChI is InChI=1S/C60H61N3O9/c1-3-36-70-60-56(62(40-46-19-13-18-44-16-7-8-20-50(44)46)57(66)33-24-41-22-27-47(28-23-41)63(67)68)39-54(61-69-2)52-37-45(17-9-11-34-64)51(21-10-12-35-65)58(59(52)60)53-38-49(31-32-55(53)72-60)71-48-29-25-43(26-30-48)42-14-5-4-6-15-42/h3-8,13-16,18-20,22-33,37-38,45,51,56,58-59,64-65H,1,9-12,17,21,34-36,39-40H2,2H3/t45-,51+,56-,58+,59+,60+/m0/s1. The molecule has 0 saturated heterocycles. The second-order valence-corrected chi connectivity index (χ2v) is 18.7. The van der Waals surface area contributed by atoms with E-state index in [9.17, 15) is 20.3 Å². The highest BCUT2D eigenvalue weighted by atomic mass is 16.7. The summed E-state index contributed by atoms with van der Waals surface area (Å²) < 4.78 is 21.4. The molecule has 0 unspecified atom stereocenters. The fourth-order valence-corrected chi connectivity index (χ4v) is 11.2. The minimum Gasteiger partial charge on any atom is -0.459 e. The highest BCUT2D eigenvalue weighted by Gasteiger charge is 2.65. The first-order chi connectivity index (χ1) is 35.2. The Hall–Kier alpha value is -7.38. The van der Waals surface area contributed by atoms with Gasteiger partial charge in [0.2, 0.25) is 11.7 Å². The van der Waals surface area contributed by atoms with E-state index in [1.807, 2.05) is 71.6 Å². The van der Waals surface area contributed by atoms with E-state index in [4.69, 9.17) is 24.2 Å². The summed E-state index contributed by atoms with van der Waals surface area (Å²) in [7, 11) is 1.53. The summed E-state index contributed by atoms with van der Waals surface area (Å²) in [6.07, 6.45) is 11.8. The van der Waals surface area contributed by atoms with Gasteiger partial charge in [-0.3, -0.25) is 14.9 Å². The third-order valence-electron chi connectivity index (χ3n) is 14.4. The van der Waals surface area contributed by atoms with Gasteiger partial charge in [0.1, 0.15) is 30.4 Å². The van der Waals surface area contributed by atoms with Crippen molar-refractivity contribution in [2.75, 3.05) is 26.9 Å². The van der Waals surface area contributed by atoms with Crippen LogP contribution in [0.4, 0.5) is 5.69 Å². The van der Waals surface area contributed by atoms with Gasteiger partial charge in [-0.2, -0.15) is 0 Å². The second-order valence-electron chi connectivity index (χ2n) is 18.7. The predicted molar refractivity (Wildman–Crippen MR) is 281 cm³/mol. The fraction of sp³-hybridized carbons (Fsp3) is 0.300. The molecule has 1 heterocycles. The summed E-state index contributed by atoms with van der Waals surface area (Å²) in [5.41, 5.74) is 6.19. The lowest BCUT2D eigenvalue weighted by Crippen LogP contribution is -2.70. The summed E-state index contributed by atoms with van der Waals surface area (Å²) in [5, 5.41) is 38.4. The molecule has 1 saturated carbocycles. The highest BCUT2D eigenvalue weighted by molar-refractivity contribution is 6.03. The van der Waals surface area contributed by atoms with Crippen molar-refractivity contribution in [3.8, 4) is 28.4 Å². The Morgan fingerprint density at radius 3 is 2.31 bits per heavy atom. The number of hydrogen-bond donors (Lipinski definition) is 2. The molecule has 0 radical (unpaired) electrons. The molecule has 6 aromatic carbocycles. The average molecular weight is 968 g/mol. The molecule has 0 bridgehead atoms. The van der Waals surface area contributed by atoms with Gasteiger partial charge in [-0.1, -0.05) is 115 Å². The number of unbranched alkanes of at least 4 members (excludes halogenated alkanes) is 2. The number of carbonyl (C=O) groups is 1. The molecule has 12 heteroatoms. The van der Waals surface area contributed by atoms with Crippen molar-refractivity contribution in [1.82, 2.24) is 4.90 Å². The van der Waals surface area contributed by atoms with Gasteiger partial charge in [0, 0.05) is 55.9 Å². The lowest BCUT2D eigenvalue weighted by molar-refractivity contribution is -0.384. The summed E-state index contributed by atoms with van der Waals surface area (Å²) in [6, 6.07) is 43.6. The molecule has 9 rings (SSSR count). The van der Waals surface area contributed by atoms with Crippen LogP contribution in [0.1, 0.15) is 67.6 Å². The lowest BCUT2D eigenvalue weighted by Gasteiger charge is -2.60. The van der Waals surface area contributed by atoms with Crippen LogP contribution in [0.5, 0.6) is 17.2 Å². The molecule has 0 aromatic heterocycles. The van der Waals surface area contributed by atoms with Gasteiger partial charge < -0.3 is 34.2 Å². The van der Waals surface area contributed by atoms with Crippen molar-refractivity contribution >= 4 is 34.2 Å². The number of oxime groups is 1. The van der Waals surface area contributed by atoms with Crippen LogP contribution in [0.25, 0.3) is 28.0 Å². The number of ether oxygens (including phenoxy) is 3. The van der Waals surface area contributed by atoms with Crippen molar-refractivity contribution in [3.05, 3.63) is 197 Å². The summed E-state index contributed by atoms with van der Waals surface area (Å²) in [5.74, 6) is -0.680. The third kappa shape index (κ3) is 10.5. The fourth-order valence-electron chi connectivity index (χ4n) is 11.2. The SMILES string of the molecule is C=CCO[C@@]12Oc3ccc(Oc4ccc(-c5ccccc5)cc4)cc3[C@H]3[C@H](CCCCO)[C@@H](CCCCO)C=C(C(=NOC)C[C@@H]1N(Cc1cccc4ccccc14)C(=O)C=Cc1ccc([N+](=O)[O-])cc1)[C@H]32. The minimum absolute atomic E-state index is 0.00514. The Kier molecular flexibility index (Phi) is 15.7. The Labute approximate surface area is 420 Å². The van der Waals surface area contributed by atoms with Gasteiger partial charge in [0.15, 0.2) is 0 Å². The molecule has 3 aliphatic rings. The molecule has 0 spiro atoms. The normalized spacial score (nSPS) is 21.6. The number of benzene rings is 6. The molecule has 2 aliphatic carbocycles. The zero-order valence-corrected chi connectivity index (χ0v) is 40.6. The maximum Gasteiger partial charge on any atom is 0.269 e. The molecule has 370 valence electrons. The van der Waals surface area contributed by atoms with E-state index in [-0.39, 0.29) is 62.1 Å². The number of nitro groups is 1. The molecule has 1 fully saturated rings. The summed E-state index contributed by atoms with van der Waals surface area (Å²) >= 11 is 0. The van der Waals surface area contributed by atoms with E-state index in [0.29, 0.717) is 41.4 Å². The molecule has 6 aromatic rings. The summed E-state index contributed by atoms with van der Waals surface area (Å²) in [6.45, 7) is 4.51. The molecule has 72 heavy (non-hydrogen) atoms. The Morgan fingerprint density at radius 1 is 0.861 bits per heavy atom. The van der Waals surface area contributed by atoms with Gasteiger partial charge in [-0.25, -0.2) is 0 Å². The number of rotatable bonds is 21. The number of hydrogen-bond acceptors (Lipinski definition) is 10. The van der Waals surface area contributed by atoms with Crippen molar-refractivity contribution in [2.24, 2.45) is 22.9 Å². The number of carbonyl (C=O) groups excluding carboxylic acids is 1. The molecular weight excluding hydrogens is 907 g/mol. The third-order valence-corrected chi connectivity index (χ3v) is 14.4. The largest absolute Gasteiger partial charge is 0.459 e. The quantitative estimate of drug-likeness (QED) is 0.0236. The Balaban J connectivity index is 1.21. The van der Waals surface area contributed by atoms with Gasteiger partial charge >= 0.3 is 0 Å². The number of aliphatic hydroxyl groups excluding tert-OH is 2. The van der Waals surface area contributed by atoms with E-state index in [0.717, 1.165) is 64.3 Å². The molecule has 6 atom stereocenters. The first kappa shape index (κ1) is 49.6. The van der Waals surface area contributed by atoms with E-state index < -0.39 is 22.7 Å². The zero-order valence-electron chi connectivity index (χ0n) is 40.6. The van der Waals surface area contributed by atoms with Crippen LogP contribution in [-0.4, -0.2) is 70.4 Å². The van der Waals surface area contributed by atoms with Gasteiger partial charge in [0.05, 0.1) is 23.2 Å². The van der Waals surface area contributed by atoms with Crippen LogP contribution in [-0.2, 0) is 20.9 Å². The molecule has 2 N–H and O–H groups in total. The number of fused-ring (bicyclic) bond motifs is 3. The van der Waals surface area contributed by atoms with Crippen LogP contribution < -0.4 is 9.47 Å². The molecule has 12 nitrogen and oxygen atoms in total. The second kappa shape index (κ2) is 22.8. The summed E-state index contributed by atoms with van der Waals surface area (Å²) in [4.78, 5) is 34.0. The van der Waals surface area contributed by atoms with Crippen molar-refractivity contribution in [2.45, 2.75) is 69.2 Å². The first-order valence-corrected chi connectivity index (χ1v) is 24.9. The monoisotopic (exact) mass is 967 g/mol. The van der Waals surface area contributed by atoms with Crippen LogP contribution in [0, 0.1) is 27.9 Å². The maximum absolute atomic E-state index is 15.4. The van der Waals surface area contributed by atoms with E-state index in [2.05, 4.69) is 61.2 Å².